The summed E-state index contributed by atoms with van der Waals surface area (Å²) in [5.74, 6) is -1.24. The highest BCUT2D eigenvalue weighted by atomic mass is 32.2. The van der Waals surface area contributed by atoms with Crippen LogP contribution in [0.3, 0.4) is 0 Å². The third-order valence-electron chi connectivity index (χ3n) is 3.98. The molecule has 0 saturated carbocycles. The third kappa shape index (κ3) is 3.37. The lowest BCUT2D eigenvalue weighted by Gasteiger charge is -2.24. The van der Waals surface area contributed by atoms with Crippen molar-refractivity contribution in [1.82, 2.24) is 0 Å². The number of rotatable bonds is 3. The average molecular weight is 330 g/mol. The largest absolute Gasteiger partial charge is 0.507 e. The van der Waals surface area contributed by atoms with Gasteiger partial charge in [-0.3, -0.25) is 0 Å². The second-order valence-electron chi connectivity index (χ2n) is 6.60. The zero-order chi connectivity index (χ0) is 17.4. The molecule has 0 bridgehead atoms. The van der Waals surface area contributed by atoms with E-state index in [1.54, 1.807) is 18.7 Å². The molecular formula is C19H22O3S. The molecule has 0 aromatic heterocycles. The van der Waals surface area contributed by atoms with E-state index in [4.69, 9.17) is 0 Å². The Morgan fingerprint density at radius 1 is 1.13 bits per heavy atom. The number of benzene rings is 2. The van der Waals surface area contributed by atoms with Gasteiger partial charge in [0.25, 0.3) is 0 Å². The van der Waals surface area contributed by atoms with Crippen LogP contribution in [-0.2, 0) is 5.41 Å². The van der Waals surface area contributed by atoms with Crippen molar-refractivity contribution in [2.24, 2.45) is 0 Å². The van der Waals surface area contributed by atoms with E-state index in [1.807, 2.05) is 57.4 Å². The molecule has 2 N–H and O–H groups in total. The van der Waals surface area contributed by atoms with Crippen LogP contribution in [0.25, 0.3) is 11.1 Å². The van der Waals surface area contributed by atoms with Crippen LogP contribution < -0.4 is 0 Å². The summed E-state index contributed by atoms with van der Waals surface area (Å²) in [5.41, 5.74) is 2.66. The molecular weight excluding hydrogens is 308 g/mol. The van der Waals surface area contributed by atoms with Gasteiger partial charge in [-0.25, -0.2) is 4.79 Å². The van der Waals surface area contributed by atoms with E-state index in [0.29, 0.717) is 11.1 Å². The topological polar surface area (TPSA) is 57.5 Å². The maximum Gasteiger partial charge on any atom is 0.339 e. The first-order valence-corrected chi connectivity index (χ1v) is 8.64. The van der Waals surface area contributed by atoms with Crippen LogP contribution in [0.1, 0.15) is 42.3 Å². The SMILES string of the molecule is CSc1ccc(-c2cc(C(C)(C)C)c(O)c(C(=O)O)c2C)cc1. The lowest BCUT2D eigenvalue weighted by molar-refractivity contribution is 0.0692. The molecule has 0 radical (unpaired) electrons. The quantitative estimate of drug-likeness (QED) is 0.770. The van der Waals surface area contributed by atoms with Crippen LogP contribution in [0, 0.1) is 6.92 Å². The van der Waals surface area contributed by atoms with Crippen LogP contribution >= 0.6 is 11.8 Å². The minimum Gasteiger partial charge on any atom is -0.507 e. The summed E-state index contributed by atoms with van der Waals surface area (Å²) in [7, 11) is 0. The fourth-order valence-corrected chi connectivity index (χ4v) is 3.08. The Hall–Kier alpha value is -1.94. The van der Waals surface area contributed by atoms with Crippen LogP contribution in [0.15, 0.2) is 35.2 Å². The van der Waals surface area contributed by atoms with E-state index >= 15 is 0 Å². The molecule has 0 saturated heterocycles. The number of aromatic carboxylic acids is 1. The highest BCUT2D eigenvalue weighted by molar-refractivity contribution is 7.98. The number of carbonyl (C=O) groups is 1. The second-order valence-corrected chi connectivity index (χ2v) is 7.48. The number of aromatic hydroxyl groups is 1. The Morgan fingerprint density at radius 3 is 2.13 bits per heavy atom. The molecule has 0 aliphatic rings. The number of hydrogen-bond donors (Lipinski definition) is 2. The summed E-state index contributed by atoms with van der Waals surface area (Å²) in [6.07, 6.45) is 2.01. The highest BCUT2D eigenvalue weighted by Gasteiger charge is 2.26. The summed E-state index contributed by atoms with van der Waals surface area (Å²) in [6.45, 7) is 7.63. The number of thioether (sulfide) groups is 1. The molecule has 0 fully saturated rings. The molecule has 0 aliphatic heterocycles. The molecule has 0 atom stereocenters. The molecule has 4 heteroatoms. The molecule has 0 aliphatic carbocycles. The van der Waals surface area contributed by atoms with Crippen molar-refractivity contribution >= 4 is 17.7 Å². The summed E-state index contributed by atoms with van der Waals surface area (Å²) in [5, 5.41) is 20.0. The van der Waals surface area contributed by atoms with Gasteiger partial charge in [0.1, 0.15) is 11.3 Å². The van der Waals surface area contributed by atoms with E-state index in [1.165, 1.54) is 0 Å². The monoisotopic (exact) mass is 330 g/mol. The number of phenols is 1. The van der Waals surface area contributed by atoms with Crippen molar-refractivity contribution in [3.63, 3.8) is 0 Å². The highest BCUT2D eigenvalue weighted by Crippen LogP contribution is 2.40. The van der Waals surface area contributed by atoms with Gasteiger partial charge in [-0.1, -0.05) is 32.9 Å². The van der Waals surface area contributed by atoms with Gasteiger partial charge in [0.15, 0.2) is 0 Å². The second kappa shape index (κ2) is 6.28. The van der Waals surface area contributed by atoms with Crippen molar-refractivity contribution in [3.8, 4) is 16.9 Å². The van der Waals surface area contributed by atoms with Gasteiger partial charge < -0.3 is 10.2 Å². The number of carboxylic acid groups (broad SMARTS) is 1. The lowest BCUT2D eigenvalue weighted by atomic mass is 9.81. The first-order chi connectivity index (χ1) is 10.7. The third-order valence-corrected chi connectivity index (χ3v) is 4.73. The van der Waals surface area contributed by atoms with Crippen LogP contribution in [0.5, 0.6) is 5.75 Å². The zero-order valence-electron chi connectivity index (χ0n) is 14.1. The average Bonchev–Trinajstić information content (AvgIpc) is 2.46. The molecule has 0 spiro atoms. The van der Waals surface area contributed by atoms with Crippen molar-refractivity contribution < 1.29 is 15.0 Å². The molecule has 2 aromatic carbocycles. The normalized spacial score (nSPS) is 11.5. The summed E-state index contributed by atoms with van der Waals surface area (Å²) >= 11 is 1.66. The molecule has 3 nitrogen and oxygen atoms in total. The van der Waals surface area contributed by atoms with Gasteiger partial charge in [-0.2, -0.15) is 0 Å². The van der Waals surface area contributed by atoms with Gasteiger partial charge in [-0.15, -0.1) is 11.8 Å². The number of carboxylic acids is 1. The Kier molecular flexibility index (Phi) is 4.76. The first kappa shape index (κ1) is 17.4. The minimum atomic E-state index is -1.10. The van der Waals surface area contributed by atoms with E-state index in [0.717, 1.165) is 16.0 Å². The van der Waals surface area contributed by atoms with Crippen LogP contribution in [0.2, 0.25) is 0 Å². The minimum absolute atomic E-state index is 0.0126. The molecule has 0 unspecified atom stereocenters. The summed E-state index contributed by atoms with van der Waals surface area (Å²) in [4.78, 5) is 12.8. The van der Waals surface area contributed by atoms with Gasteiger partial charge >= 0.3 is 5.97 Å². The molecule has 2 aromatic rings. The summed E-state index contributed by atoms with van der Waals surface area (Å²) in [6, 6.07) is 9.92. The molecule has 23 heavy (non-hydrogen) atoms. The lowest BCUT2D eigenvalue weighted by Crippen LogP contribution is -2.15. The fourth-order valence-electron chi connectivity index (χ4n) is 2.67. The van der Waals surface area contributed by atoms with E-state index in [-0.39, 0.29) is 16.7 Å². The van der Waals surface area contributed by atoms with Gasteiger partial charge in [0, 0.05) is 10.5 Å². The van der Waals surface area contributed by atoms with E-state index in [2.05, 4.69) is 0 Å². The Labute approximate surface area is 141 Å². The predicted molar refractivity (Wildman–Crippen MR) is 95.7 cm³/mol. The molecule has 2 rings (SSSR count). The van der Waals surface area contributed by atoms with Crippen molar-refractivity contribution in [3.05, 3.63) is 47.0 Å². The van der Waals surface area contributed by atoms with E-state index < -0.39 is 5.97 Å². The number of hydrogen-bond acceptors (Lipinski definition) is 3. The van der Waals surface area contributed by atoms with E-state index in [9.17, 15) is 15.0 Å². The van der Waals surface area contributed by atoms with Crippen LogP contribution in [0.4, 0.5) is 0 Å². The van der Waals surface area contributed by atoms with Gasteiger partial charge in [-0.05, 0) is 53.5 Å². The molecule has 0 heterocycles. The maximum absolute atomic E-state index is 11.6. The smallest absolute Gasteiger partial charge is 0.339 e. The van der Waals surface area contributed by atoms with Crippen molar-refractivity contribution in [2.75, 3.05) is 6.26 Å². The molecule has 0 amide bonds. The molecule has 122 valence electrons. The Bertz CT molecular complexity index is 741. The zero-order valence-corrected chi connectivity index (χ0v) is 14.9. The standard InChI is InChI=1S/C19H22O3S/c1-11-14(12-6-8-13(23-5)9-7-12)10-15(19(2,3)4)17(20)16(11)18(21)22/h6-10,20H,1-5H3,(H,21,22). The van der Waals surface area contributed by atoms with Gasteiger partial charge in [0.05, 0.1) is 0 Å². The Morgan fingerprint density at radius 2 is 1.70 bits per heavy atom. The summed E-state index contributed by atoms with van der Waals surface area (Å²) < 4.78 is 0. The van der Waals surface area contributed by atoms with Gasteiger partial charge in [0.2, 0.25) is 0 Å². The predicted octanol–water partition coefficient (Wildman–Crippen LogP) is 5.09. The Balaban J connectivity index is 2.76. The van der Waals surface area contributed by atoms with Crippen molar-refractivity contribution in [2.45, 2.75) is 38.0 Å². The maximum atomic E-state index is 11.6. The van der Waals surface area contributed by atoms with Crippen LogP contribution in [-0.4, -0.2) is 22.4 Å². The van der Waals surface area contributed by atoms with Crippen molar-refractivity contribution in [1.29, 1.82) is 0 Å². The fraction of sp³-hybridized carbons (Fsp3) is 0.316. The first-order valence-electron chi connectivity index (χ1n) is 7.41.